The summed E-state index contributed by atoms with van der Waals surface area (Å²) in [5.74, 6) is 2.64. The van der Waals surface area contributed by atoms with Crippen molar-refractivity contribution >= 4 is 17.3 Å². The first-order valence-electron chi connectivity index (χ1n) is 9.82. The fraction of sp³-hybridized carbons (Fsp3) is 0.857. The van der Waals surface area contributed by atoms with Gasteiger partial charge in [-0.15, -0.1) is 0 Å². The zero-order chi connectivity index (χ0) is 17.3. The first kappa shape index (κ1) is 16.5. The highest BCUT2D eigenvalue weighted by atomic mass is 16.1. The van der Waals surface area contributed by atoms with Crippen LogP contribution in [0.15, 0.2) is 0 Å². The third-order valence-corrected chi connectivity index (χ3v) is 8.77. The van der Waals surface area contributed by atoms with Gasteiger partial charge in [-0.25, -0.2) is 0 Å². The number of Topliss-reactive ketones (excluding diaryl/α,β-unsaturated/α-hetero) is 3. The fourth-order valence-corrected chi connectivity index (χ4v) is 7.50. The molecule has 0 aromatic carbocycles. The van der Waals surface area contributed by atoms with Crippen molar-refractivity contribution in [3.63, 3.8) is 0 Å². The highest BCUT2D eigenvalue weighted by molar-refractivity contribution is 5.91. The van der Waals surface area contributed by atoms with E-state index in [9.17, 15) is 14.4 Å². The van der Waals surface area contributed by atoms with E-state index in [1.165, 1.54) is 0 Å². The number of ketones is 3. The van der Waals surface area contributed by atoms with E-state index in [0.29, 0.717) is 48.6 Å². The average Bonchev–Trinajstić information content (AvgIpc) is 2.87. The third-order valence-electron chi connectivity index (χ3n) is 8.77. The quantitative estimate of drug-likeness (QED) is 0.730. The van der Waals surface area contributed by atoms with E-state index in [2.05, 4.69) is 13.8 Å². The molecule has 0 saturated heterocycles. The van der Waals surface area contributed by atoms with Crippen LogP contribution in [0.1, 0.15) is 72.1 Å². The number of carbonyl (C=O) groups is 3. The Bertz CT molecular complexity index is 608. The average molecular weight is 330 g/mol. The van der Waals surface area contributed by atoms with Crippen LogP contribution in [0.5, 0.6) is 0 Å². The van der Waals surface area contributed by atoms with Crippen molar-refractivity contribution in [1.82, 2.24) is 0 Å². The fourth-order valence-electron chi connectivity index (χ4n) is 7.50. The molecule has 0 heterocycles. The van der Waals surface area contributed by atoms with Gasteiger partial charge in [0.25, 0.3) is 0 Å². The molecule has 0 aliphatic heterocycles. The van der Waals surface area contributed by atoms with Crippen LogP contribution < -0.4 is 0 Å². The summed E-state index contributed by atoms with van der Waals surface area (Å²) in [6.07, 6.45) is 7.05. The summed E-state index contributed by atoms with van der Waals surface area (Å²) in [5, 5.41) is 0. The summed E-state index contributed by atoms with van der Waals surface area (Å²) in [7, 11) is 0. The van der Waals surface area contributed by atoms with Crippen LogP contribution in [0.3, 0.4) is 0 Å². The Kier molecular flexibility index (Phi) is 3.61. The van der Waals surface area contributed by atoms with Crippen LogP contribution >= 0.6 is 0 Å². The second kappa shape index (κ2) is 5.25. The molecular weight excluding hydrogens is 300 g/mol. The SMILES string of the molecule is CC(=O)[C@@H]1CC[C@@H]2[C@H]3CC(=O)[C@H]4CC(=O)CC[C@]4(C)[C@@H]3CC[C@]21C. The molecule has 132 valence electrons. The minimum atomic E-state index is -0.0330. The monoisotopic (exact) mass is 330 g/mol. The normalized spacial score (nSPS) is 50.9. The van der Waals surface area contributed by atoms with Crippen molar-refractivity contribution in [1.29, 1.82) is 0 Å². The molecule has 4 saturated carbocycles. The van der Waals surface area contributed by atoms with Gasteiger partial charge >= 0.3 is 0 Å². The first-order valence-corrected chi connectivity index (χ1v) is 9.82. The molecule has 0 radical (unpaired) electrons. The summed E-state index contributed by atoms with van der Waals surface area (Å²) in [6, 6.07) is 0. The molecule has 7 atom stereocenters. The van der Waals surface area contributed by atoms with Crippen molar-refractivity contribution in [2.24, 2.45) is 40.4 Å². The maximum absolute atomic E-state index is 12.9. The smallest absolute Gasteiger partial charge is 0.137 e. The van der Waals surface area contributed by atoms with Crippen molar-refractivity contribution in [3.05, 3.63) is 0 Å². The molecule has 0 aromatic heterocycles. The van der Waals surface area contributed by atoms with Crippen molar-refractivity contribution in [2.75, 3.05) is 0 Å². The standard InChI is InChI=1S/C21H30O3/c1-12(22)15-4-5-16-14-11-19(24)18-10-13(23)6-8-21(18,3)17(14)7-9-20(15,16)2/h14-18H,4-11H2,1-3H3/t14-,15+,16-,17-,18-,20+,21-/m1/s1. The molecule has 0 N–H and O–H groups in total. The number of hydrogen-bond acceptors (Lipinski definition) is 3. The number of carbonyl (C=O) groups excluding carboxylic acids is 3. The summed E-state index contributed by atoms with van der Waals surface area (Å²) in [4.78, 5) is 37.0. The van der Waals surface area contributed by atoms with Crippen LogP contribution in [0.25, 0.3) is 0 Å². The molecule has 0 bridgehead atoms. The van der Waals surface area contributed by atoms with E-state index in [-0.39, 0.29) is 28.4 Å². The molecule has 4 aliphatic rings. The van der Waals surface area contributed by atoms with Gasteiger partial charge in [0.05, 0.1) is 0 Å². The Morgan fingerprint density at radius 3 is 2.38 bits per heavy atom. The molecule has 4 aliphatic carbocycles. The van der Waals surface area contributed by atoms with Crippen LogP contribution in [-0.4, -0.2) is 17.3 Å². The minimum Gasteiger partial charge on any atom is -0.300 e. The zero-order valence-electron chi connectivity index (χ0n) is 15.3. The van der Waals surface area contributed by atoms with Gasteiger partial charge in [-0.2, -0.15) is 0 Å². The molecule has 0 unspecified atom stereocenters. The minimum absolute atomic E-state index is 0.0174. The highest BCUT2D eigenvalue weighted by Gasteiger charge is 2.62. The molecule has 3 heteroatoms. The third kappa shape index (κ3) is 2.05. The first-order chi connectivity index (χ1) is 11.3. The summed E-state index contributed by atoms with van der Waals surface area (Å²) < 4.78 is 0. The maximum atomic E-state index is 12.9. The lowest BCUT2D eigenvalue weighted by atomic mass is 9.44. The van der Waals surface area contributed by atoms with Gasteiger partial charge in [0.2, 0.25) is 0 Å². The van der Waals surface area contributed by atoms with Gasteiger partial charge < -0.3 is 0 Å². The lowest BCUT2D eigenvalue weighted by molar-refractivity contribution is -0.159. The van der Waals surface area contributed by atoms with Gasteiger partial charge in [0.1, 0.15) is 17.3 Å². The Morgan fingerprint density at radius 2 is 1.67 bits per heavy atom. The van der Waals surface area contributed by atoms with Crippen LogP contribution in [0, 0.1) is 40.4 Å². The van der Waals surface area contributed by atoms with Crippen LogP contribution in [0.4, 0.5) is 0 Å². The highest BCUT2D eigenvalue weighted by Crippen LogP contribution is 2.66. The van der Waals surface area contributed by atoms with E-state index >= 15 is 0 Å². The van der Waals surface area contributed by atoms with Crippen molar-refractivity contribution in [2.45, 2.75) is 72.1 Å². The lowest BCUT2D eigenvalue weighted by Crippen LogP contribution is -2.56. The van der Waals surface area contributed by atoms with Gasteiger partial charge in [0.15, 0.2) is 0 Å². The molecular formula is C21H30O3. The Morgan fingerprint density at radius 1 is 0.958 bits per heavy atom. The molecule has 4 rings (SSSR count). The predicted molar refractivity (Wildman–Crippen MR) is 91.3 cm³/mol. The molecule has 24 heavy (non-hydrogen) atoms. The Balaban J connectivity index is 1.68. The molecule has 0 spiro atoms. The summed E-state index contributed by atoms with van der Waals surface area (Å²) >= 11 is 0. The summed E-state index contributed by atoms with van der Waals surface area (Å²) in [5.41, 5.74) is 0.116. The number of hydrogen-bond donors (Lipinski definition) is 0. The topological polar surface area (TPSA) is 51.2 Å². The summed E-state index contributed by atoms with van der Waals surface area (Å²) in [6.45, 7) is 6.36. The number of rotatable bonds is 1. The molecule has 3 nitrogen and oxygen atoms in total. The largest absolute Gasteiger partial charge is 0.300 e. The van der Waals surface area contributed by atoms with Gasteiger partial charge in [-0.05, 0) is 67.6 Å². The van der Waals surface area contributed by atoms with E-state index in [4.69, 9.17) is 0 Å². The molecule has 4 fully saturated rings. The maximum Gasteiger partial charge on any atom is 0.137 e. The Hall–Kier alpha value is -0.990. The van der Waals surface area contributed by atoms with Crippen molar-refractivity contribution in [3.8, 4) is 0 Å². The lowest BCUT2D eigenvalue weighted by Gasteiger charge is -2.59. The molecule has 0 aromatic rings. The van der Waals surface area contributed by atoms with Crippen molar-refractivity contribution < 1.29 is 14.4 Å². The van der Waals surface area contributed by atoms with E-state index in [1.54, 1.807) is 6.92 Å². The molecule has 0 amide bonds. The second-order valence-electron chi connectivity index (χ2n) is 9.63. The second-order valence-corrected chi connectivity index (χ2v) is 9.63. The van der Waals surface area contributed by atoms with Crippen LogP contribution in [-0.2, 0) is 14.4 Å². The van der Waals surface area contributed by atoms with Gasteiger partial charge in [0, 0.05) is 31.1 Å². The van der Waals surface area contributed by atoms with Gasteiger partial charge in [-0.3, -0.25) is 14.4 Å². The predicted octanol–water partition coefficient (Wildman–Crippen LogP) is 3.98. The van der Waals surface area contributed by atoms with E-state index in [0.717, 1.165) is 32.1 Å². The van der Waals surface area contributed by atoms with E-state index in [1.807, 2.05) is 0 Å². The van der Waals surface area contributed by atoms with Crippen LogP contribution in [0.2, 0.25) is 0 Å². The van der Waals surface area contributed by atoms with E-state index < -0.39 is 0 Å². The Labute approximate surface area is 144 Å². The zero-order valence-corrected chi connectivity index (χ0v) is 15.3. The van der Waals surface area contributed by atoms with Gasteiger partial charge in [-0.1, -0.05) is 13.8 Å². The number of fused-ring (bicyclic) bond motifs is 5.